The van der Waals surface area contributed by atoms with Crippen molar-refractivity contribution in [3.05, 3.63) is 66.0 Å². The number of carbonyl (C=O) groups is 1. The van der Waals surface area contributed by atoms with E-state index >= 15 is 0 Å². The van der Waals surface area contributed by atoms with E-state index in [9.17, 15) is 9.18 Å². The smallest absolute Gasteiger partial charge is 0.344 e. The largest absolute Gasteiger partial charge is 0.479 e. The Labute approximate surface area is 110 Å². The van der Waals surface area contributed by atoms with Gasteiger partial charge in [0, 0.05) is 0 Å². The number of hydrogen-bond acceptors (Lipinski definition) is 3. The second-order valence-corrected chi connectivity index (χ2v) is 3.87. The number of esters is 1. The predicted octanol–water partition coefficient (Wildman–Crippen LogP) is 2.95. The van der Waals surface area contributed by atoms with Gasteiger partial charge in [0.1, 0.15) is 6.61 Å². The Kier molecular flexibility index (Phi) is 4.50. The molecule has 2 aromatic rings. The molecule has 0 heterocycles. The maximum absolute atomic E-state index is 13.2. The highest BCUT2D eigenvalue weighted by Crippen LogP contribution is 2.15. The Morgan fingerprint density at radius 2 is 1.68 bits per heavy atom. The van der Waals surface area contributed by atoms with Gasteiger partial charge in [-0.3, -0.25) is 0 Å². The Hall–Kier alpha value is -2.36. The first-order valence-corrected chi connectivity index (χ1v) is 5.82. The molecule has 0 aliphatic heterocycles. The number of rotatable bonds is 5. The van der Waals surface area contributed by atoms with Crippen LogP contribution in [0, 0.1) is 5.82 Å². The monoisotopic (exact) mass is 260 g/mol. The minimum atomic E-state index is -0.535. The Bertz CT molecular complexity index is 540. The lowest BCUT2D eigenvalue weighted by molar-refractivity contribution is -0.147. The minimum absolute atomic E-state index is 0.0409. The second kappa shape index (κ2) is 6.54. The first-order chi connectivity index (χ1) is 9.25. The van der Waals surface area contributed by atoms with Crippen molar-refractivity contribution in [2.45, 2.75) is 6.61 Å². The number of benzene rings is 2. The van der Waals surface area contributed by atoms with Crippen molar-refractivity contribution < 1.29 is 18.7 Å². The van der Waals surface area contributed by atoms with E-state index < -0.39 is 11.8 Å². The van der Waals surface area contributed by atoms with E-state index in [-0.39, 0.29) is 19.0 Å². The molecule has 0 aliphatic carbocycles. The Balaban J connectivity index is 1.78. The molecule has 0 fully saturated rings. The summed E-state index contributed by atoms with van der Waals surface area (Å²) >= 11 is 0. The molecule has 0 radical (unpaired) electrons. The molecule has 0 amide bonds. The number of halogens is 1. The van der Waals surface area contributed by atoms with Crippen LogP contribution in [0.25, 0.3) is 0 Å². The van der Waals surface area contributed by atoms with Crippen molar-refractivity contribution in [2.75, 3.05) is 6.61 Å². The van der Waals surface area contributed by atoms with Crippen LogP contribution in [0.1, 0.15) is 5.56 Å². The Morgan fingerprint density at radius 1 is 1.00 bits per heavy atom. The fraction of sp³-hybridized carbons (Fsp3) is 0.133. The molecule has 0 bridgehead atoms. The number of carbonyl (C=O) groups excluding carboxylic acids is 1. The van der Waals surface area contributed by atoms with Crippen molar-refractivity contribution in [3.63, 3.8) is 0 Å². The summed E-state index contributed by atoms with van der Waals surface area (Å²) in [6.07, 6.45) is 0. The molecule has 0 saturated heterocycles. The number of ether oxygens (including phenoxy) is 2. The highest BCUT2D eigenvalue weighted by atomic mass is 19.1. The highest BCUT2D eigenvalue weighted by Gasteiger charge is 2.07. The standard InChI is InChI=1S/C15H13FO3/c16-13-8-4-5-9-14(13)18-11-15(17)19-10-12-6-2-1-3-7-12/h1-9H,10-11H2. The van der Waals surface area contributed by atoms with E-state index in [0.717, 1.165) is 5.56 Å². The zero-order chi connectivity index (χ0) is 13.5. The lowest BCUT2D eigenvalue weighted by atomic mass is 10.2. The molecule has 98 valence electrons. The van der Waals surface area contributed by atoms with Crippen molar-refractivity contribution >= 4 is 5.97 Å². The van der Waals surface area contributed by atoms with Crippen LogP contribution >= 0.6 is 0 Å². The van der Waals surface area contributed by atoms with Crippen molar-refractivity contribution in [1.29, 1.82) is 0 Å². The van der Waals surface area contributed by atoms with E-state index in [1.165, 1.54) is 12.1 Å². The molecule has 0 aromatic heterocycles. The third-order valence-electron chi connectivity index (χ3n) is 2.42. The summed E-state index contributed by atoms with van der Waals surface area (Å²) in [6.45, 7) is -0.131. The molecule has 19 heavy (non-hydrogen) atoms. The third kappa shape index (κ3) is 4.10. The number of hydrogen-bond donors (Lipinski definition) is 0. The van der Waals surface area contributed by atoms with Gasteiger partial charge in [0.2, 0.25) is 0 Å². The summed E-state index contributed by atoms with van der Waals surface area (Å²) in [5.74, 6) is -0.996. The van der Waals surface area contributed by atoms with E-state index in [0.29, 0.717) is 0 Å². The molecule has 0 unspecified atom stereocenters. The summed E-state index contributed by atoms with van der Waals surface area (Å²) in [5.41, 5.74) is 0.891. The van der Waals surface area contributed by atoms with E-state index in [1.807, 2.05) is 30.3 Å². The topological polar surface area (TPSA) is 35.5 Å². The van der Waals surface area contributed by atoms with Gasteiger partial charge in [-0.1, -0.05) is 42.5 Å². The molecule has 4 heteroatoms. The van der Waals surface area contributed by atoms with Gasteiger partial charge in [-0.2, -0.15) is 0 Å². The third-order valence-corrected chi connectivity index (χ3v) is 2.42. The summed E-state index contributed by atoms with van der Waals surface area (Å²) < 4.78 is 23.3. The van der Waals surface area contributed by atoms with Crippen LogP contribution < -0.4 is 4.74 Å². The van der Waals surface area contributed by atoms with Gasteiger partial charge >= 0.3 is 5.97 Å². The average molecular weight is 260 g/mol. The van der Waals surface area contributed by atoms with Gasteiger partial charge in [0.25, 0.3) is 0 Å². The van der Waals surface area contributed by atoms with Crippen molar-refractivity contribution in [2.24, 2.45) is 0 Å². The lowest BCUT2D eigenvalue weighted by Crippen LogP contribution is -2.15. The molecule has 3 nitrogen and oxygen atoms in total. The van der Waals surface area contributed by atoms with Crippen LogP contribution in [-0.4, -0.2) is 12.6 Å². The van der Waals surface area contributed by atoms with E-state index in [2.05, 4.69) is 0 Å². The molecule has 0 aliphatic rings. The van der Waals surface area contributed by atoms with Crippen molar-refractivity contribution in [3.8, 4) is 5.75 Å². The Morgan fingerprint density at radius 3 is 2.42 bits per heavy atom. The minimum Gasteiger partial charge on any atom is -0.479 e. The van der Waals surface area contributed by atoms with Crippen molar-refractivity contribution in [1.82, 2.24) is 0 Å². The van der Waals surface area contributed by atoms with Gasteiger partial charge in [-0.25, -0.2) is 9.18 Å². The van der Waals surface area contributed by atoms with Crippen LogP contribution in [0.15, 0.2) is 54.6 Å². The normalized spacial score (nSPS) is 9.95. The summed E-state index contributed by atoms with van der Waals surface area (Å²) in [4.78, 5) is 11.4. The van der Waals surface area contributed by atoms with E-state index in [1.54, 1.807) is 12.1 Å². The van der Waals surface area contributed by atoms with Gasteiger partial charge in [-0.05, 0) is 17.7 Å². The van der Waals surface area contributed by atoms with Crippen LogP contribution in [0.5, 0.6) is 5.75 Å². The van der Waals surface area contributed by atoms with Crippen LogP contribution in [0.4, 0.5) is 4.39 Å². The van der Waals surface area contributed by atoms with Gasteiger partial charge < -0.3 is 9.47 Å². The van der Waals surface area contributed by atoms with Gasteiger partial charge in [-0.15, -0.1) is 0 Å². The molecule has 0 saturated carbocycles. The second-order valence-electron chi connectivity index (χ2n) is 3.87. The summed E-state index contributed by atoms with van der Waals surface area (Å²) in [7, 11) is 0. The van der Waals surface area contributed by atoms with Crippen LogP contribution in [0.2, 0.25) is 0 Å². The highest BCUT2D eigenvalue weighted by molar-refractivity contribution is 5.71. The fourth-order valence-electron chi connectivity index (χ4n) is 1.48. The number of para-hydroxylation sites is 1. The molecular weight excluding hydrogens is 247 g/mol. The first-order valence-electron chi connectivity index (χ1n) is 5.82. The maximum atomic E-state index is 13.2. The van der Waals surface area contributed by atoms with Gasteiger partial charge in [0.05, 0.1) is 0 Å². The summed E-state index contributed by atoms with van der Waals surface area (Å²) in [6, 6.07) is 15.2. The lowest BCUT2D eigenvalue weighted by Gasteiger charge is -2.07. The van der Waals surface area contributed by atoms with Crippen LogP contribution in [-0.2, 0) is 16.1 Å². The SMILES string of the molecule is O=C(COc1ccccc1F)OCc1ccccc1. The molecule has 0 atom stereocenters. The quantitative estimate of drug-likeness (QED) is 0.775. The van der Waals surface area contributed by atoms with Crippen LogP contribution in [0.3, 0.4) is 0 Å². The fourth-order valence-corrected chi connectivity index (χ4v) is 1.48. The maximum Gasteiger partial charge on any atom is 0.344 e. The first kappa shape index (κ1) is 13.1. The van der Waals surface area contributed by atoms with Gasteiger partial charge in [0.15, 0.2) is 18.2 Å². The predicted molar refractivity (Wildman–Crippen MR) is 68.1 cm³/mol. The van der Waals surface area contributed by atoms with E-state index in [4.69, 9.17) is 9.47 Å². The molecule has 0 N–H and O–H groups in total. The molecule has 2 rings (SSSR count). The molecule has 2 aromatic carbocycles. The summed E-state index contributed by atoms with van der Waals surface area (Å²) in [5, 5.41) is 0. The zero-order valence-corrected chi connectivity index (χ0v) is 10.2. The molecule has 0 spiro atoms. The zero-order valence-electron chi connectivity index (χ0n) is 10.2. The average Bonchev–Trinajstić information content (AvgIpc) is 2.45. The molecular formula is C15H13FO3.